The van der Waals surface area contributed by atoms with E-state index in [4.69, 9.17) is 5.73 Å². The number of amides is 1. The smallest absolute Gasteiger partial charge is 0.229 e. The lowest BCUT2D eigenvalue weighted by atomic mass is 10.0. The third kappa shape index (κ3) is 6.09. The molecule has 0 aliphatic carbocycles. The molecule has 5 nitrogen and oxygen atoms in total. The van der Waals surface area contributed by atoms with E-state index >= 15 is 0 Å². The summed E-state index contributed by atoms with van der Waals surface area (Å²) in [4.78, 5) is 17.8. The van der Waals surface area contributed by atoms with Gasteiger partial charge in [-0.3, -0.25) is 4.79 Å². The molecule has 110 valence electrons. The number of nitrogens with zero attached hydrogens (tertiary/aromatic N) is 2. The minimum Gasteiger partial charge on any atom is -0.376 e. The lowest BCUT2D eigenvalue weighted by molar-refractivity contribution is -0.119. The van der Waals surface area contributed by atoms with Crippen molar-refractivity contribution in [3.05, 3.63) is 18.3 Å². The van der Waals surface area contributed by atoms with Gasteiger partial charge in [-0.05, 0) is 19.1 Å². The molecule has 2 atom stereocenters. The zero-order valence-corrected chi connectivity index (χ0v) is 13.2. The fourth-order valence-electron chi connectivity index (χ4n) is 1.20. The molecule has 1 heterocycles. The molecule has 19 heavy (non-hydrogen) atoms. The first-order valence-corrected chi connectivity index (χ1v) is 5.61. The van der Waals surface area contributed by atoms with Gasteiger partial charge in [0.2, 0.25) is 5.91 Å². The Balaban J connectivity index is 0. The average molecular weight is 309 g/mol. The second-order valence-corrected chi connectivity index (χ2v) is 4.43. The summed E-state index contributed by atoms with van der Waals surface area (Å²) in [7, 11) is 3.88. The van der Waals surface area contributed by atoms with E-state index in [-0.39, 0.29) is 42.7 Å². The van der Waals surface area contributed by atoms with Gasteiger partial charge in [0, 0.05) is 20.1 Å². The SMILES string of the molecule is CC(N)C(C)C(=O)Nc1ccc(N(C)C)cn1.Cl.Cl. The third-order valence-corrected chi connectivity index (χ3v) is 2.72. The Morgan fingerprint density at radius 3 is 2.26 bits per heavy atom. The lowest BCUT2D eigenvalue weighted by Gasteiger charge is -2.16. The third-order valence-electron chi connectivity index (χ3n) is 2.72. The number of hydrogen-bond donors (Lipinski definition) is 2. The number of carbonyl (C=O) groups excluding carboxylic acids is 1. The number of halogens is 2. The number of hydrogen-bond acceptors (Lipinski definition) is 4. The molecule has 1 aromatic heterocycles. The van der Waals surface area contributed by atoms with Crippen LogP contribution in [0, 0.1) is 5.92 Å². The number of anilines is 2. The van der Waals surface area contributed by atoms with Crippen LogP contribution in [0.25, 0.3) is 0 Å². The van der Waals surface area contributed by atoms with Crippen molar-refractivity contribution in [2.24, 2.45) is 11.7 Å². The van der Waals surface area contributed by atoms with Crippen LogP contribution in [0.1, 0.15) is 13.8 Å². The summed E-state index contributed by atoms with van der Waals surface area (Å²) in [5.74, 6) is 0.212. The van der Waals surface area contributed by atoms with E-state index in [1.165, 1.54) is 0 Å². The molecule has 2 unspecified atom stereocenters. The minimum absolute atomic E-state index is 0. The summed E-state index contributed by atoms with van der Waals surface area (Å²) in [6, 6.07) is 3.51. The molecule has 1 rings (SSSR count). The van der Waals surface area contributed by atoms with Crippen LogP contribution >= 0.6 is 24.8 Å². The highest BCUT2D eigenvalue weighted by atomic mass is 35.5. The number of nitrogens with one attached hydrogen (secondary N) is 1. The molecule has 3 N–H and O–H groups in total. The first kappa shape index (κ1) is 20.3. The van der Waals surface area contributed by atoms with Gasteiger partial charge in [-0.15, -0.1) is 24.8 Å². The lowest BCUT2D eigenvalue weighted by Crippen LogP contribution is -2.34. The molecule has 0 radical (unpaired) electrons. The number of rotatable bonds is 4. The predicted molar refractivity (Wildman–Crippen MR) is 84.5 cm³/mol. The maximum atomic E-state index is 11.7. The summed E-state index contributed by atoms with van der Waals surface area (Å²) >= 11 is 0. The zero-order valence-electron chi connectivity index (χ0n) is 11.6. The van der Waals surface area contributed by atoms with Gasteiger partial charge >= 0.3 is 0 Å². The van der Waals surface area contributed by atoms with Crippen LogP contribution in [-0.4, -0.2) is 31.0 Å². The fraction of sp³-hybridized carbons (Fsp3) is 0.500. The second kappa shape index (κ2) is 8.96. The second-order valence-electron chi connectivity index (χ2n) is 4.43. The van der Waals surface area contributed by atoms with E-state index in [2.05, 4.69) is 10.3 Å². The molecule has 1 aromatic rings. The van der Waals surface area contributed by atoms with Gasteiger partial charge in [0.15, 0.2) is 0 Å². The molecule has 0 saturated carbocycles. The summed E-state index contributed by atoms with van der Waals surface area (Å²) in [6.07, 6.45) is 1.71. The van der Waals surface area contributed by atoms with Crippen LogP contribution in [-0.2, 0) is 4.79 Å². The van der Waals surface area contributed by atoms with Crippen molar-refractivity contribution in [1.82, 2.24) is 4.98 Å². The van der Waals surface area contributed by atoms with E-state index in [0.717, 1.165) is 5.69 Å². The highest BCUT2D eigenvalue weighted by molar-refractivity contribution is 5.91. The Hall–Kier alpha value is -1.04. The summed E-state index contributed by atoms with van der Waals surface area (Å²) in [5.41, 5.74) is 6.66. The molecule has 0 spiro atoms. The fourth-order valence-corrected chi connectivity index (χ4v) is 1.20. The Bertz CT molecular complexity index is 382. The van der Waals surface area contributed by atoms with Crippen molar-refractivity contribution < 1.29 is 4.79 Å². The Morgan fingerprint density at radius 1 is 1.32 bits per heavy atom. The molecule has 1 amide bonds. The molecule has 0 saturated heterocycles. The van der Waals surface area contributed by atoms with E-state index in [0.29, 0.717) is 5.82 Å². The number of pyridine rings is 1. The van der Waals surface area contributed by atoms with Crippen LogP contribution in [0.5, 0.6) is 0 Å². The van der Waals surface area contributed by atoms with Crippen LogP contribution in [0.4, 0.5) is 11.5 Å². The van der Waals surface area contributed by atoms with Gasteiger partial charge in [-0.2, -0.15) is 0 Å². The quantitative estimate of drug-likeness (QED) is 0.891. The van der Waals surface area contributed by atoms with Gasteiger partial charge in [0.1, 0.15) is 5.82 Å². The number of carbonyl (C=O) groups is 1. The highest BCUT2D eigenvalue weighted by Gasteiger charge is 2.17. The topological polar surface area (TPSA) is 71.2 Å². The maximum Gasteiger partial charge on any atom is 0.229 e. The standard InChI is InChI=1S/C12H20N4O.2ClH/c1-8(9(2)13)12(17)15-11-6-5-10(7-14-11)16(3)4;;/h5-9H,13H2,1-4H3,(H,14,15,17);2*1H. The van der Waals surface area contributed by atoms with Gasteiger partial charge < -0.3 is 16.0 Å². The Morgan fingerprint density at radius 2 is 1.89 bits per heavy atom. The van der Waals surface area contributed by atoms with E-state index < -0.39 is 0 Å². The van der Waals surface area contributed by atoms with Crippen molar-refractivity contribution >= 4 is 42.2 Å². The van der Waals surface area contributed by atoms with Gasteiger partial charge in [-0.25, -0.2) is 4.98 Å². The molecule has 0 aliphatic rings. The summed E-state index contributed by atoms with van der Waals surface area (Å²) in [5, 5.41) is 2.74. The Kier molecular flexibility index (Phi) is 9.56. The van der Waals surface area contributed by atoms with E-state index in [1.54, 1.807) is 19.2 Å². The van der Waals surface area contributed by atoms with Crippen LogP contribution in [0.2, 0.25) is 0 Å². The van der Waals surface area contributed by atoms with E-state index in [9.17, 15) is 4.79 Å². The summed E-state index contributed by atoms with van der Waals surface area (Å²) < 4.78 is 0. The highest BCUT2D eigenvalue weighted by Crippen LogP contribution is 2.13. The van der Waals surface area contributed by atoms with E-state index in [1.807, 2.05) is 32.0 Å². The molecule has 0 bridgehead atoms. The molecular weight excluding hydrogens is 287 g/mol. The molecule has 0 fully saturated rings. The molecular formula is C12H22Cl2N4O. The largest absolute Gasteiger partial charge is 0.376 e. The average Bonchev–Trinajstić information content (AvgIpc) is 2.28. The van der Waals surface area contributed by atoms with Crippen molar-refractivity contribution in [2.45, 2.75) is 19.9 Å². The monoisotopic (exact) mass is 308 g/mol. The normalized spacial score (nSPS) is 12.5. The van der Waals surface area contributed by atoms with Crippen LogP contribution < -0.4 is 16.0 Å². The molecule has 7 heteroatoms. The van der Waals surface area contributed by atoms with Gasteiger partial charge in [0.25, 0.3) is 0 Å². The van der Waals surface area contributed by atoms with Crippen molar-refractivity contribution in [2.75, 3.05) is 24.3 Å². The Labute approximate surface area is 126 Å². The first-order chi connectivity index (χ1) is 7.91. The van der Waals surface area contributed by atoms with Crippen molar-refractivity contribution in [3.63, 3.8) is 0 Å². The van der Waals surface area contributed by atoms with Crippen molar-refractivity contribution in [3.8, 4) is 0 Å². The van der Waals surface area contributed by atoms with Crippen LogP contribution in [0.3, 0.4) is 0 Å². The maximum absolute atomic E-state index is 11.7. The molecule has 0 aliphatic heterocycles. The predicted octanol–water partition coefficient (Wildman–Crippen LogP) is 1.91. The zero-order chi connectivity index (χ0) is 13.0. The number of nitrogens with two attached hydrogens (primary N) is 1. The van der Waals surface area contributed by atoms with Gasteiger partial charge in [0.05, 0.1) is 17.8 Å². The number of aromatic nitrogens is 1. The first-order valence-electron chi connectivity index (χ1n) is 5.61. The van der Waals surface area contributed by atoms with Gasteiger partial charge in [-0.1, -0.05) is 6.92 Å². The molecule has 0 aromatic carbocycles. The minimum atomic E-state index is -0.231. The summed E-state index contributed by atoms with van der Waals surface area (Å²) in [6.45, 7) is 3.61. The van der Waals surface area contributed by atoms with Crippen molar-refractivity contribution in [1.29, 1.82) is 0 Å². The van der Waals surface area contributed by atoms with Crippen LogP contribution in [0.15, 0.2) is 18.3 Å².